The predicted molar refractivity (Wildman–Crippen MR) is 141 cm³/mol. The Morgan fingerprint density at radius 2 is 1.42 bits per heavy atom. The number of carbonyl (C=O) groups excluding carboxylic acids is 1. The molecule has 1 saturated heterocycles. The van der Waals surface area contributed by atoms with Crippen LogP contribution >= 0.6 is 0 Å². The molecule has 3 aromatic rings. The molecular weight excluding hydrogens is 448 g/mol. The first kappa shape index (κ1) is 25.2. The number of hydrogen-bond donors (Lipinski definition) is 1. The molecule has 36 heavy (non-hydrogen) atoms. The fourth-order valence-electron chi connectivity index (χ4n) is 4.69. The van der Waals surface area contributed by atoms with Crippen LogP contribution in [0.2, 0.25) is 0 Å². The van der Waals surface area contributed by atoms with Crippen LogP contribution in [0.1, 0.15) is 22.7 Å². The number of aliphatic hydroxyl groups is 1. The van der Waals surface area contributed by atoms with Crippen molar-refractivity contribution in [1.29, 1.82) is 5.26 Å². The maximum atomic E-state index is 13.3. The average Bonchev–Trinajstić information content (AvgIpc) is 2.94. The Hall–Kier alpha value is -3.92. The van der Waals surface area contributed by atoms with E-state index in [-0.39, 0.29) is 24.1 Å². The number of rotatable bonds is 9. The Kier molecular flexibility index (Phi) is 8.87. The van der Waals surface area contributed by atoms with Crippen molar-refractivity contribution >= 4 is 5.91 Å². The van der Waals surface area contributed by atoms with Gasteiger partial charge in [-0.25, -0.2) is 0 Å². The topological polar surface area (TPSA) is 70.8 Å². The fraction of sp³-hybridized carbons (Fsp3) is 0.267. The summed E-state index contributed by atoms with van der Waals surface area (Å²) >= 11 is 0. The summed E-state index contributed by atoms with van der Waals surface area (Å²) < 4.78 is 0. The second kappa shape index (κ2) is 12.7. The quantitative estimate of drug-likeness (QED) is 0.372. The van der Waals surface area contributed by atoms with E-state index in [0.29, 0.717) is 39.3 Å². The number of aliphatic hydroxyl groups excluding tert-OH is 1. The van der Waals surface area contributed by atoms with E-state index in [4.69, 9.17) is 0 Å². The summed E-state index contributed by atoms with van der Waals surface area (Å²) in [6.45, 7) is 3.32. The van der Waals surface area contributed by atoms with Gasteiger partial charge in [-0.2, -0.15) is 5.26 Å². The zero-order valence-electron chi connectivity index (χ0n) is 20.4. The molecule has 184 valence electrons. The average molecular weight is 481 g/mol. The molecule has 0 aromatic heterocycles. The van der Waals surface area contributed by atoms with E-state index < -0.39 is 0 Å². The van der Waals surface area contributed by atoms with Gasteiger partial charge in [-0.1, -0.05) is 91.0 Å². The number of benzene rings is 3. The van der Waals surface area contributed by atoms with Crippen molar-refractivity contribution in [3.63, 3.8) is 0 Å². The molecule has 1 N–H and O–H groups in total. The SMILES string of the molecule is N#C/C(=C/N(CCO)Cc1ccccc1)C(=O)N1CCN(C(c2ccccc2)c2ccccc2)CC1. The lowest BCUT2D eigenvalue weighted by molar-refractivity contribution is -0.128. The normalized spacial score (nSPS) is 14.5. The minimum absolute atomic E-state index is 0.0603. The molecule has 1 aliphatic rings. The van der Waals surface area contributed by atoms with Gasteiger partial charge in [0.15, 0.2) is 0 Å². The molecule has 1 heterocycles. The Bertz CT molecular complexity index is 1130. The minimum atomic E-state index is -0.260. The molecule has 4 rings (SSSR count). The van der Waals surface area contributed by atoms with Crippen LogP contribution in [-0.2, 0) is 11.3 Å². The fourth-order valence-corrected chi connectivity index (χ4v) is 4.69. The maximum absolute atomic E-state index is 13.3. The van der Waals surface area contributed by atoms with E-state index >= 15 is 0 Å². The molecule has 6 nitrogen and oxygen atoms in total. The van der Waals surface area contributed by atoms with Crippen LogP contribution in [0.5, 0.6) is 0 Å². The first-order valence-electron chi connectivity index (χ1n) is 12.3. The van der Waals surface area contributed by atoms with Gasteiger partial charge in [-0.05, 0) is 16.7 Å². The minimum Gasteiger partial charge on any atom is -0.395 e. The van der Waals surface area contributed by atoms with Crippen molar-refractivity contribution in [2.45, 2.75) is 12.6 Å². The number of carbonyl (C=O) groups is 1. The summed E-state index contributed by atoms with van der Waals surface area (Å²) in [5, 5.41) is 19.3. The van der Waals surface area contributed by atoms with Crippen LogP contribution in [0.4, 0.5) is 0 Å². The van der Waals surface area contributed by atoms with Crippen LogP contribution in [0, 0.1) is 11.3 Å². The summed E-state index contributed by atoms with van der Waals surface area (Å²) in [5.74, 6) is -0.260. The molecule has 0 bridgehead atoms. The summed E-state index contributed by atoms with van der Waals surface area (Å²) in [4.78, 5) is 19.3. The van der Waals surface area contributed by atoms with Gasteiger partial charge in [0.05, 0.1) is 12.6 Å². The van der Waals surface area contributed by atoms with Gasteiger partial charge in [0.2, 0.25) is 0 Å². The second-order valence-electron chi connectivity index (χ2n) is 8.89. The Morgan fingerprint density at radius 1 is 0.889 bits per heavy atom. The summed E-state index contributed by atoms with van der Waals surface area (Å²) in [5.41, 5.74) is 3.59. The van der Waals surface area contributed by atoms with Gasteiger partial charge in [0.25, 0.3) is 5.91 Å². The third-order valence-corrected chi connectivity index (χ3v) is 6.48. The van der Waals surface area contributed by atoms with Crippen molar-refractivity contribution in [2.75, 3.05) is 39.3 Å². The summed E-state index contributed by atoms with van der Waals surface area (Å²) in [6, 6.07) is 32.9. The van der Waals surface area contributed by atoms with E-state index in [1.165, 1.54) is 11.1 Å². The van der Waals surface area contributed by atoms with Gasteiger partial charge in [-0.15, -0.1) is 0 Å². The lowest BCUT2D eigenvalue weighted by atomic mass is 9.96. The molecule has 6 heteroatoms. The van der Waals surface area contributed by atoms with Crippen molar-refractivity contribution in [3.8, 4) is 6.07 Å². The van der Waals surface area contributed by atoms with E-state index in [0.717, 1.165) is 5.56 Å². The van der Waals surface area contributed by atoms with Gasteiger partial charge >= 0.3 is 0 Å². The van der Waals surface area contributed by atoms with Crippen molar-refractivity contribution in [1.82, 2.24) is 14.7 Å². The molecule has 1 fully saturated rings. The summed E-state index contributed by atoms with van der Waals surface area (Å²) in [6.07, 6.45) is 1.59. The van der Waals surface area contributed by atoms with Gasteiger partial charge in [0, 0.05) is 45.5 Å². The highest BCUT2D eigenvalue weighted by Crippen LogP contribution is 2.29. The zero-order valence-corrected chi connectivity index (χ0v) is 20.4. The van der Waals surface area contributed by atoms with E-state index in [2.05, 4.69) is 59.5 Å². The number of amides is 1. The first-order valence-corrected chi connectivity index (χ1v) is 12.3. The smallest absolute Gasteiger partial charge is 0.266 e. The van der Waals surface area contributed by atoms with Gasteiger partial charge < -0.3 is 14.9 Å². The largest absolute Gasteiger partial charge is 0.395 e. The second-order valence-corrected chi connectivity index (χ2v) is 8.89. The third kappa shape index (κ3) is 6.39. The molecule has 0 atom stereocenters. The maximum Gasteiger partial charge on any atom is 0.266 e. The monoisotopic (exact) mass is 480 g/mol. The molecule has 0 spiro atoms. The molecule has 0 saturated carbocycles. The Balaban J connectivity index is 1.46. The lowest BCUT2D eigenvalue weighted by Crippen LogP contribution is -2.50. The highest BCUT2D eigenvalue weighted by Gasteiger charge is 2.29. The lowest BCUT2D eigenvalue weighted by Gasteiger charge is -2.39. The molecule has 1 aliphatic heterocycles. The molecule has 0 radical (unpaired) electrons. The van der Waals surface area contributed by atoms with Crippen molar-refractivity contribution in [3.05, 3.63) is 119 Å². The zero-order chi connectivity index (χ0) is 25.2. The van der Waals surface area contributed by atoms with E-state index in [1.54, 1.807) is 11.1 Å². The van der Waals surface area contributed by atoms with Crippen LogP contribution in [0.15, 0.2) is 103 Å². The molecule has 3 aromatic carbocycles. The van der Waals surface area contributed by atoms with Crippen LogP contribution in [-0.4, -0.2) is 65.0 Å². The molecular formula is C30H32N4O2. The van der Waals surface area contributed by atoms with E-state index in [9.17, 15) is 15.2 Å². The van der Waals surface area contributed by atoms with Crippen LogP contribution < -0.4 is 0 Å². The Labute approximate surface area is 213 Å². The molecule has 0 aliphatic carbocycles. The highest BCUT2D eigenvalue weighted by atomic mass is 16.3. The Morgan fingerprint density at radius 3 is 1.92 bits per heavy atom. The summed E-state index contributed by atoms with van der Waals surface area (Å²) in [7, 11) is 0. The van der Waals surface area contributed by atoms with Crippen LogP contribution in [0.3, 0.4) is 0 Å². The third-order valence-electron chi connectivity index (χ3n) is 6.48. The van der Waals surface area contributed by atoms with Gasteiger partial charge in [-0.3, -0.25) is 9.69 Å². The first-order chi connectivity index (χ1) is 17.7. The molecule has 1 amide bonds. The van der Waals surface area contributed by atoms with E-state index in [1.807, 2.05) is 47.4 Å². The number of piperazine rings is 1. The number of hydrogen-bond acceptors (Lipinski definition) is 5. The van der Waals surface area contributed by atoms with Crippen LogP contribution in [0.25, 0.3) is 0 Å². The van der Waals surface area contributed by atoms with Gasteiger partial charge in [0.1, 0.15) is 11.6 Å². The van der Waals surface area contributed by atoms with Crippen molar-refractivity contribution in [2.24, 2.45) is 0 Å². The predicted octanol–water partition coefficient (Wildman–Crippen LogP) is 3.82. The standard InChI is InChI=1S/C30H32N4O2/c31-22-28(24-32(20-21-35)23-25-10-4-1-5-11-25)30(36)34-18-16-33(17-19-34)29(26-12-6-2-7-13-26)27-14-8-3-9-15-27/h1-15,24,29,35H,16-21,23H2/b28-24-. The molecule has 0 unspecified atom stereocenters. The number of nitriles is 1. The van der Waals surface area contributed by atoms with Crippen molar-refractivity contribution < 1.29 is 9.90 Å². The number of nitrogens with zero attached hydrogens (tertiary/aromatic N) is 4. The highest BCUT2D eigenvalue weighted by molar-refractivity contribution is 5.97.